The zero-order valence-corrected chi connectivity index (χ0v) is 15.4. The van der Waals surface area contributed by atoms with Crippen LogP contribution in [0.3, 0.4) is 0 Å². The first-order valence-electron chi connectivity index (χ1n) is 9.52. The maximum absolute atomic E-state index is 12.3. The quantitative estimate of drug-likeness (QED) is 0.623. The zero-order chi connectivity index (χ0) is 18.8. The Balaban J connectivity index is 1.26. The van der Waals surface area contributed by atoms with E-state index in [0.29, 0.717) is 6.42 Å². The number of aryl methyl sites for hydroxylation is 2. The average Bonchev–Trinajstić information content (AvgIpc) is 3.34. The van der Waals surface area contributed by atoms with Gasteiger partial charge in [-0.15, -0.1) is 0 Å². The van der Waals surface area contributed by atoms with Crippen LogP contribution in [0.25, 0.3) is 11.0 Å². The fourth-order valence-electron chi connectivity index (χ4n) is 3.98. The second-order valence-electron chi connectivity index (χ2n) is 7.25. The lowest BCUT2D eigenvalue weighted by Gasteiger charge is -2.22. The van der Waals surface area contributed by atoms with E-state index in [4.69, 9.17) is 0 Å². The molecule has 7 nitrogen and oxygen atoms in total. The topological polar surface area (TPSA) is 95.8 Å². The minimum absolute atomic E-state index is 0.0156. The third-order valence-corrected chi connectivity index (χ3v) is 5.40. The Bertz CT molecular complexity index is 898. The molecule has 3 N–H and O–H groups in total. The van der Waals surface area contributed by atoms with Crippen molar-refractivity contribution in [2.45, 2.75) is 57.2 Å². The smallest absolute Gasteiger partial charge is 0.220 e. The number of carbonyl (C=O) groups excluding carboxylic acids is 1. The number of rotatable bonds is 6. The summed E-state index contributed by atoms with van der Waals surface area (Å²) in [5.41, 5.74) is 1.97. The molecule has 0 radical (unpaired) electrons. The summed E-state index contributed by atoms with van der Waals surface area (Å²) in [6.45, 7) is 1.93. The van der Waals surface area contributed by atoms with E-state index in [1.54, 1.807) is 6.20 Å². The minimum Gasteiger partial charge on any atom is -0.389 e. The van der Waals surface area contributed by atoms with Crippen LogP contribution < -0.4 is 5.32 Å². The van der Waals surface area contributed by atoms with Crippen LogP contribution in [0, 0.1) is 6.92 Å². The first kappa shape index (κ1) is 17.7. The molecule has 0 aliphatic heterocycles. The number of H-pyrrole nitrogens is 1. The SMILES string of the molecule is Cc1nccn1[C@@H]1CC[C@@H](NC(=O)CCCc2nc3ccccc3[nH]2)[C@H]1O. The number of para-hydroxylation sites is 2. The van der Waals surface area contributed by atoms with Gasteiger partial charge in [-0.3, -0.25) is 4.79 Å². The van der Waals surface area contributed by atoms with E-state index in [9.17, 15) is 9.90 Å². The summed E-state index contributed by atoms with van der Waals surface area (Å²) in [5, 5.41) is 13.6. The van der Waals surface area contributed by atoms with Gasteiger partial charge in [-0.25, -0.2) is 9.97 Å². The Morgan fingerprint density at radius 1 is 1.37 bits per heavy atom. The number of aliphatic hydroxyl groups excluding tert-OH is 1. The molecule has 0 saturated heterocycles. The van der Waals surface area contributed by atoms with Gasteiger partial charge in [0.1, 0.15) is 11.6 Å². The third kappa shape index (κ3) is 3.73. The third-order valence-electron chi connectivity index (χ3n) is 5.40. The highest BCUT2D eigenvalue weighted by Gasteiger charge is 2.36. The van der Waals surface area contributed by atoms with Crippen LogP contribution in [0.2, 0.25) is 0 Å². The molecule has 1 fully saturated rings. The number of imidazole rings is 2. The summed E-state index contributed by atoms with van der Waals surface area (Å²) in [6, 6.07) is 7.69. The molecule has 2 heterocycles. The second kappa shape index (κ2) is 7.52. The van der Waals surface area contributed by atoms with Crippen LogP contribution in [-0.4, -0.2) is 42.7 Å². The van der Waals surface area contributed by atoms with Crippen LogP contribution in [0.15, 0.2) is 36.7 Å². The maximum Gasteiger partial charge on any atom is 0.220 e. The number of aromatic amines is 1. The van der Waals surface area contributed by atoms with Crippen molar-refractivity contribution in [1.82, 2.24) is 24.8 Å². The predicted octanol–water partition coefficient (Wildman–Crippen LogP) is 2.27. The molecule has 3 atom stereocenters. The number of amides is 1. The highest BCUT2D eigenvalue weighted by molar-refractivity contribution is 5.76. The molecule has 7 heteroatoms. The monoisotopic (exact) mass is 367 g/mol. The Kier molecular flexibility index (Phi) is 4.94. The molecule has 2 aromatic heterocycles. The fourth-order valence-corrected chi connectivity index (χ4v) is 3.98. The molecule has 1 amide bonds. The first-order valence-corrected chi connectivity index (χ1v) is 9.52. The van der Waals surface area contributed by atoms with Crippen molar-refractivity contribution in [2.24, 2.45) is 0 Å². The summed E-state index contributed by atoms with van der Waals surface area (Å²) in [7, 11) is 0. The number of fused-ring (bicyclic) bond motifs is 1. The summed E-state index contributed by atoms with van der Waals surface area (Å²) in [4.78, 5) is 24.3. The Hall–Kier alpha value is -2.67. The lowest BCUT2D eigenvalue weighted by Crippen LogP contribution is -2.42. The van der Waals surface area contributed by atoms with E-state index in [1.807, 2.05) is 42.0 Å². The molecule has 1 saturated carbocycles. The van der Waals surface area contributed by atoms with E-state index in [0.717, 1.165) is 48.4 Å². The van der Waals surface area contributed by atoms with Crippen molar-refractivity contribution in [3.63, 3.8) is 0 Å². The normalized spacial score (nSPS) is 22.4. The summed E-state index contributed by atoms with van der Waals surface area (Å²) >= 11 is 0. The van der Waals surface area contributed by atoms with E-state index in [1.165, 1.54) is 0 Å². The molecule has 1 aromatic carbocycles. The molecular formula is C20H25N5O2. The van der Waals surface area contributed by atoms with Crippen molar-refractivity contribution in [2.75, 3.05) is 0 Å². The molecule has 4 rings (SSSR count). The summed E-state index contributed by atoms with van der Waals surface area (Å²) in [5.74, 6) is 1.77. The molecule has 0 spiro atoms. The molecule has 1 aliphatic carbocycles. The molecule has 1 aliphatic rings. The lowest BCUT2D eigenvalue weighted by molar-refractivity contribution is -0.122. The number of benzene rings is 1. The zero-order valence-electron chi connectivity index (χ0n) is 15.4. The molecule has 0 unspecified atom stereocenters. The number of nitrogens with one attached hydrogen (secondary N) is 2. The van der Waals surface area contributed by atoms with Crippen molar-refractivity contribution < 1.29 is 9.90 Å². The fraction of sp³-hybridized carbons (Fsp3) is 0.450. The van der Waals surface area contributed by atoms with Crippen molar-refractivity contribution in [3.8, 4) is 0 Å². The Morgan fingerprint density at radius 3 is 3.00 bits per heavy atom. The van der Waals surface area contributed by atoms with Gasteiger partial charge in [-0.05, 0) is 38.3 Å². The first-order chi connectivity index (χ1) is 13.1. The average molecular weight is 367 g/mol. The number of carbonyl (C=O) groups is 1. The van der Waals surface area contributed by atoms with Gasteiger partial charge in [-0.1, -0.05) is 12.1 Å². The molecule has 142 valence electrons. The number of aliphatic hydroxyl groups is 1. The van der Waals surface area contributed by atoms with Crippen molar-refractivity contribution in [1.29, 1.82) is 0 Å². The largest absolute Gasteiger partial charge is 0.389 e. The van der Waals surface area contributed by atoms with Crippen LogP contribution in [0.4, 0.5) is 0 Å². The van der Waals surface area contributed by atoms with Crippen LogP contribution in [0.5, 0.6) is 0 Å². The van der Waals surface area contributed by atoms with E-state index >= 15 is 0 Å². The number of hydrogen-bond acceptors (Lipinski definition) is 4. The van der Waals surface area contributed by atoms with E-state index < -0.39 is 6.10 Å². The van der Waals surface area contributed by atoms with Crippen molar-refractivity contribution in [3.05, 3.63) is 48.3 Å². The van der Waals surface area contributed by atoms with E-state index in [2.05, 4.69) is 20.3 Å². The standard InChI is InChI=1S/C20H25N5O2/c1-13-21-11-12-25(13)17-10-9-16(20(17)27)24-19(26)8-4-7-18-22-14-5-2-3-6-15(14)23-18/h2-3,5-6,11-12,16-17,20,27H,4,7-10H2,1H3,(H,22,23)(H,24,26)/t16-,17-,20-/m1/s1. The molecule has 0 bridgehead atoms. The van der Waals surface area contributed by atoms with Gasteiger partial charge in [0.2, 0.25) is 5.91 Å². The van der Waals surface area contributed by atoms with Gasteiger partial charge in [0.05, 0.1) is 29.2 Å². The van der Waals surface area contributed by atoms with E-state index in [-0.39, 0.29) is 18.0 Å². The highest BCUT2D eigenvalue weighted by Crippen LogP contribution is 2.31. The summed E-state index contributed by atoms with van der Waals surface area (Å²) < 4.78 is 2.00. The number of aromatic nitrogens is 4. The highest BCUT2D eigenvalue weighted by atomic mass is 16.3. The second-order valence-corrected chi connectivity index (χ2v) is 7.25. The van der Waals surface area contributed by atoms with Gasteiger partial charge in [0.15, 0.2) is 0 Å². The van der Waals surface area contributed by atoms with Gasteiger partial charge < -0.3 is 20.0 Å². The maximum atomic E-state index is 12.3. The summed E-state index contributed by atoms with van der Waals surface area (Å²) in [6.07, 6.45) is 6.53. The Labute approximate surface area is 157 Å². The molecule has 27 heavy (non-hydrogen) atoms. The predicted molar refractivity (Wildman–Crippen MR) is 102 cm³/mol. The number of nitrogens with zero attached hydrogens (tertiary/aromatic N) is 3. The van der Waals surface area contributed by atoms with Crippen molar-refractivity contribution >= 4 is 16.9 Å². The molecule has 3 aromatic rings. The van der Waals surface area contributed by atoms with Gasteiger partial charge in [-0.2, -0.15) is 0 Å². The van der Waals surface area contributed by atoms with Crippen LogP contribution in [-0.2, 0) is 11.2 Å². The Morgan fingerprint density at radius 2 is 2.22 bits per heavy atom. The van der Waals surface area contributed by atoms with Gasteiger partial charge >= 0.3 is 0 Å². The van der Waals surface area contributed by atoms with Crippen LogP contribution >= 0.6 is 0 Å². The van der Waals surface area contributed by atoms with Gasteiger partial charge in [0.25, 0.3) is 0 Å². The number of hydrogen-bond donors (Lipinski definition) is 3. The lowest BCUT2D eigenvalue weighted by atomic mass is 10.1. The minimum atomic E-state index is -0.586. The van der Waals surface area contributed by atoms with Gasteiger partial charge in [0, 0.05) is 25.2 Å². The molecular weight excluding hydrogens is 342 g/mol. The van der Waals surface area contributed by atoms with Crippen LogP contribution in [0.1, 0.15) is 43.4 Å².